The van der Waals surface area contributed by atoms with E-state index in [1.807, 2.05) is 0 Å². The smallest absolute Gasteiger partial charge is 0.123 e. The first-order valence-electron chi connectivity index (χ1n) is 17.1. The Balaban J connectivity index is 2.34. The second kappa shape index (κ2) is 11.1. The summed E-state index contributed by atoms with van der Waals surface area (Å²) in [7, 11) is 4.70. The number of phenolic OH excluding ortho intramolecular Hbond substituents is 1. The molecule has 0 aliphatic carbocycles. The molecule has 0 amide bonds. The van der Waals surface area contributed by atoms with E-state index in [1.54, 1.807) is 0 Å². The predicted octanol–water partition coefficient (Wildman–Crippen LogP) is 10.1. The highest BCUT2D eigenvalue weighted by atomic mass is 16.3. The normalized spacial score (nSPS) is 24.2. The molecule has 1 N–H and O–H groups in total. The first-order chi connectivity index (χ1) is 18.7. The van der Waals surface area contributed by atoms with Gasteiger partial charge in [0.15, 0.2) is 0 Å². The van der Waals surface area contributed by atoms with Crippen molar-refractivity contribution in [3.63, 3.8) is 0 Å². The third-order valence-corrected chi connectivity index (χ3v) is 12.3. The highest BCUT2D eigenvalue weighted by molar-refractivity contribution is 5.50. The van der Waals surface area contributed by atoms with Gasteiger partial charge >= 0.3 is 0 Å². The maximum atomic E-state index is 11.6. The van der Waals surface area contributed by atoms with Crippen molar-refractivity contribution in [1.82, 2.24) is 9.80 Å². The van der Waals surface area contributed by atoms with Crippen LogP contribution in [0.15, 0.2) is 12.1 Å². The summed E-state index contributed by atoms with van der Waals surface area (Å²) in [5.41, 5.74) is 4.14. The van der Waals surface area contributed by atoms with E-state index in [2.05, 4.69) is 140 Å². The SMILES string of the molecule is CCCC(Cc1cc(C(C)(C)C)c(O)c(C(C)(C)C)c1)(C1CC(C)(C)N(C)C(C)(C)C1)C1CC(C)(C)N(C)C(C)(C)C1. The summed E-state index contributed by atoms with van der Waals surface area (Å²) >= 11 is 0. The van der Waals surface area contributed by atoms with Gasteiger partial charge in [-0.25, -0.2) is 0 Å². The van der Waals surface area contributed by atoms with Gasteiger partial charge in [-0.2, -0.15) is 0 Å². The number of phenols is 1. The summed E-state index contributed by atoms with van der Waals surface area (Å²) in [5.74, 6) is 1.76. The van der Waals surface area contributed by atoms with Crippen LogP contribution in [-0.2, 0) is 17.3 Å². The van der Waals surface area contributed by atoms with Crippen LogP contribution in [0.25, 0.3) is 0 Å². The van der Waals surface area contributed by atoms with E-state index in [0.29, 0.717) is 17.6 Å². The van der Waals surface area contributed by atoms with Gasteiger partial charge in [0, 0.05) is 22.2 Å². The summed E-state index contributed by atoms with van der Waals surface area (Å²) in [6.07, 6.45) is 8.48. The Morgan fingerprint density at radius 1 is 0.667 bits per heavy atom. The summed E-state index contributed by atoms with van der Waals surface area (Å²) < 4.78 is 0. The van der Waals surface area contributed by atoms with E-state index in [9.17, 15) is 5.11 Å². The van der Waals surface area contributed by atoms with Crippen LogP contribution in [0.5, 0.6) is 5.75 Å². The molecule has 0 spiro atoms. The van der Waals surface area contributed by atoms with Gasteiger partial charge in [0.2, 0.25) is 0 Å². The minimum atomic E-state index is -0.122. The first-order valence-corrected chi connectivity index (χ1v) is 17.1. The Kier molecular flexibility index (Phi) is 9.34. The molecule has 2 aliphatic rings. The number of aromatic hydroxyl groups is 1. The lowest BCUT2D eigenvalue weighted by atomic mass is 9.50. The van der Waals surface area contributed by atoms with Gasteiger partial charge in [0.05, 0.1) is 0 Å². The summed E-state index contributed by atoms with van der Waals surface area (Å²) in [4.78, 5) is 5.32. The molecule has 3 nitrogen and oxygen atoms in total. The van der Waals surface area contributed by atoms with Crippen LogP contribution in [0, 0.1) is 17.3 Å². The predicted molar refractivity (Wildman–Crippen MR) is 184 cm³/mol. The monoisotopic (exact) mass is 583 g/mol. The Morgan fingerprint density at radius 3 is 1.24 bits per heavy atom. The van der Waals surface area contributed by atoms with Crippen molar-refractivity contribution in [2.45, 2.75) is 182 Å². The fourth-order valence-corrected chi connectivity index (χ4v) is 9.46. The van der Waals surface area contributed by atoms with Gasteiger partial charge in [0.25, 0.3) is 0 Å². The number of hydrogen-bond acceptors (Lipinski definition) is 3. The highest BCUT2D eigenvalue weighted by Crippen LogP contribution is 2.59. The van der Waals surface area contributed by atoms with Crippen molar-refractivity contribution in [3.8, 4) is 5.75 Å². The summed E-state index contributed by atoms with van der Waals surface area (Å²) in [6.45, 7) is 35.8. The van der Waals surface area contributed by atoms with Crippen LogP contribution < -0.4 is 0 Å². The molecule has 242 valence electrons. The second-order valence-corrected chi connectivity index (χ2v) is 19.3. The van der Waals surface area contributed by atoms with Crippen molar-refractivity contribution < 1.29 is 5.11 Å². The van der Waals surface area contributed by atoms with Gasteiger partial charge in [0.1, 0.15) is 5.75 Å². The van der Waals surface area contributed by atoms with E-state index in [-0.39, 0.29) is 38.4 Å². The Labute approximate surface area is 262 Å². The Bertz CT molecular complexity index is 997. The summed E-state index contributed by atoms with van der Waals surface area (Å²) in [6, 6.07) is 4.79. The zero-order chi connectivity index (χ0) is 32.5. The molecular formula is C39H70N2O. The molecule has 1 aromatic rings. The molecule has 0 atom stereocenters. The molecule has 2 aliphatic heterocycles. The fraction of sp³-hybridized carbons (Fsp3) is 0.846. The lowest BCUT2D eigenvalue weighted by Crippen LogP contribution is -2.64. The van der Waals surface area contributed by atoms with Gasteiger partial charge in [-0.15, -0.1) is 0 Å². The molecule has 1 aromatic carbocycles. The Hall–Kier alpha value is -1.06. The van der Waals surface area contributed by atoms with Crippen LogP contribution in [0.2, 0.25) is 0 Å². The quantitative estimate of drug-likeness (QED) is 0.361. The molecule has 3 heteroatoms. The van der Waals surface area contributed by atoms with Crippen LogP contribution in [0.4, 0.5) is 0 Å². The topological polar surface area (TPSA) is 26.7 Å². The number of piperidine rings is 2. The second-order valence-electron chi connectivity index (χ2n) is 19.3. The number of hydrogen-bond donors (Lipinski definition) is 1. The lowest BCUT2D eigenvalue weighted by molar-refractivity contribution is -0.125. The van der Waals surface area contributed by atoms with Crippen LogP contribution >= 0.6 is 0 Å². The number of benzene rings is 1. The Morgan fingerprint density at radius 2 is 0.976 bits per heavy atom. The zero-order valence-corrected chi connectivity index (χ0v) is 31.1. The zero-order valence-electron chi connectivity index (χ0n) is 31.1. The minimum absolute atomic E-state index is 0.122. The number of nitrogens with zero attached hydrogens (tertiary/aromatic N) is 2. The third-order valence-electron chi connectivity index (χ3n) is 12.3. The largest absolute Gasteiger partial charge is 0.507 e. The van der Waals surface area contributed by atoms with Gasteiger partial charge in [-0.3, -0.25) is 9.80 Å². The lowest BCUT2D eigenvalue weighted by Gasteiger charge is -2.63. The molecule has 2 saturated heterocycles. The van der Waals surface area contributed by atoms with Crippen molar-refractivity contribution >= 4 is 0 Å². The molecule has 0 bridgehead atoms. The average molecular weight is 583 g/mol. The molecular weight excluding hydrogens is 512 g/mol. The molecule has 2 heterocycles. The van der Waals surface area contributed by atoms with Gasteiger partial charge in [-0.05, 0) is 153 Å². The van der Waals surface area contributed by atoms with E-state index in [1.165, 1.54) is 44.1 Å². The number of rotatable bonds is 6. The molecule has 0 radical (unpaired) electrons. The van der Waals surface area contributed by atoms with Crippen molar-refractivity contribution in [2.24, 2.45) is 17.3 Å². The van der Waals surface area contributed by atoms with E-state index in [0.717, 1.165) is 17.5 Å². The minimum Gasteiger partial charge on any atom is -0.507 e. The van der Waals surface area contributed by atoms with E-state index in [4.69, 9.17) is 0 Å². The van der Waals surface area contributed by atoms with Gasteiger partial charge in [-0.1, -0.05) is 67.0 Å². The van der Waals surface area contributed by atoms with Crippen LogP contribution in [-0.4, -0.2) is 51.2 Å². The van der Waals surface area contributed by atoms with Crippen molar-refractivity contribution in [2.75, 3.05) is 14.1 Å². The van der Waals surface area contributed by atoms with E-state index < -0.39 is 0 Å². The first kappa shape index (κ1) is 35.4. The van der Waals surface area contributed by atoms with E-state index >= 15 is 0 Å². The van der Waals surface area contributed by atoms with Crippen LogP contribution in [0.1, 0.15) is 159 Å². The van der Waals surface area contributed by atoms with Crippen LogP contribution in [0.3, 0.4) is 0 Å². The highest BCUT2D eigenvalue weighted by Gasteiger charge is 2.56. The molecule has 2 fully saturated rings. The summed E-state index contributed by atoms with van der Waals surface area (Å²) in [5, 5.41) is 11.6. The fourth-order valence-electron chi connectivity index (χ4n) is 9.46. The third kappa shape index (κ3) is 6.63. The van der Waals surface area contributed by atoms with Crippen molar-refractivity contribution in [1.29, 1.82) is 0 Å². The molecule has 0 saturated carbocycles. The maximum absolute atomic E-state index is 11.6. The average Bonchev–Trinajstić information content (AvgIpc) is 2.79. The molecule has 0 aromatic heterocycles. The van der Waals surface area contributed by atoms with Crippen molar-refractivity contribution in [3.05, 3.63) is 28.8 Å². The molecule has 3 rings (SSSR count). The standard InChI is InChI=1S/C39H70N2O/c1-18-19-39(28-23-35(8,9)40(16)36(10,11)24-28,29-25-37(12,13)41(17)38(14,15)26-29)22-27-20-30(33(2,3)4)32(42)31(21-27)34(5,6)7/h20-21,28-29,42H,18-19,22-26H2,1-17H3. The molecule has 0 unspecified atom stereocenters. The maximum Gasteiger partial charge on any atom is 0.123 e. The molecule has 42 heavy (non-hydrogen) atoms. The van der Waals surface area contributed by atoms with Gasteiger partial charge < -0.3 is 5.11 Å². The number of likely N-dealkylation sites (tertiary alicyclic amines) is 2.